The molecule has 0 radical (unpaired) electrons. The molecule has 5 heteroatoms. The third kappa shape index (κ3) is 6.48. The summed E-state index contributed by atoms with van der Waals surface area (Å²) in [5, 5.41) is 0. The molecule has 0 aliphatic rings. The summed E-state index contributed by atoms with van der Waals surface area (Å²) in [6, 6.07) is 6.44. The fraction of sp³-hybridized carbons (Fsp3) is 0.480. The van der Waals surface area contributed by atoms with Crippen LogP contribution in [0.3, 0.4) is 0 Å². The van der Waals surface area contributed by atoms with Crippen LogP contribution in [-0.2, 0) is 4.79 Å². The van der Waals surface area contributed by atoms with E-state index in [1.54, 1.807) is 19.1 Å². The van der Waals surface area contributed by atoms with Crippen molar-refractivity contribution in [2.45, 2.75) is 53.4 Å². The maximum atomic E-state index is 13.5. The van der Waals surface area contributed by atoms with Crippen molar-refractivity contribution in [3.8, 4) is 11.3 Å². The standard InChI is InChI=1S/C25H34FN3O/c1-16(2)23-22(13-8-17(3)14-18(4)15-19(5)30)24(28-25(27-23)29(6)7)20-9-11-21(26)12-10-20/h8-13,16-18H,14-15H2,1-7H3/b13-8+. The average molecular weight is 412 g/mol. The van der Waals surface area contributed by atoms with Gasteiger partial charge in [0.25, 0.3) is 0 Å². The molecule has 0 spiro atoms. The number of rotatable bonds is 9. The first-order valence-corrected chi connectivity index (χ1v) is 10.6. The van der Waals surface area contributed by atoms with Gasteiger partial charge in [-0.1, -0.05) is 39.8 Å². The number of carbonyl (C=O) groups is 1. The van der Waals surface area contributed by atoms with E-state index in [4.69, 9.17) is 9.97 Å². The highest BCUT2D eigenvalue weighted by Gasteiger charge is 2.18. The van der Waals surface area contributed by atoms with Gasteiger partial charge >= 0.3 is 0 Å². The molecule has 0 aliphatic heterocycles. The van der Waals surface area contributed by atoms with Crippen LogP contribution in [0.4, 0.5) is 10.3 Å². The van der Waals surface area contributed by atoms with E-state index in [1.807, 2.05) is 19.0 Å². The van der Waals surface area contributed by atoms with E-state index in [2.05, 4.69) is 39.8 Å². The van der Waals surface area contributed by atoms with E-state index < -0.39 is 0 Å². The lowest BCUT2D eigenvalue weighted by Crippen LogP contribution is -2.16. The molecule has 4 nitrogen and oxygen atoms in total. The molecule has 2 aromatic rings. The zero-order chi connectivity index (χ0) is 22.4. The fourth-order valence-corrected chi connectivity index (χ4v) is 3.65. The monoisotopic (exact) mass is 411 g/mol. The fourth-order valence-electron chi connectivity index (χ4n) is 3.65. The lowest BCUT2D eigenvalue weighted by molar-refractivity contribution is -0.117. The summed E-state index contributed by atoms with van der Waals surface area (Å²) in [6.07, 6.45) is 5.81. The second kappa shape index (κ2) is 10.5. The number of Topliss-reactive ketones (excluding diaryl/α,β-unsaturated/α-hetero) is 1. The Balaban J connectivity index is 2.49. The SMILES string of the molecule is CC(=O)CC(C)CC(C)/C=C/c1c(-c2ccc(F)cc2)nc(N(C)C)nc1C(C)C. The van der Waals surface area contributed by atoms with Gasteiger partial charge in [0.2, 0.25) is 5.95 Å². The first kappa shape index (κ1) is 23.7. The van der Waals surface area contributed by atoms with E-state index in [9.17, 15) is 9.18 Å². The molecule has 162 valence electrons. The molecule has 0 saturated heterocycles. The molecular formula is C25H34FN3O. The molecule has 1 aromatic carbocycles. The largest absolute Gasteiger partial charge is 0.347 e. The number of hydrogen-bond donors (Lipinski definition) is 0. The van der Waals surface area contributed by atoms with Crippen LogP contribution in [-0.4, -0.2) is 29.8 Å². The Bertz CT molecular complexity index is 888. The summed E-state index contributed by atoms with van der Waals surface area (Å²) < 4.78 is 13.5. The molecule has 2 atom stereocenters. The third-order valence-corrected chi connectivity index (χ3v) is 5.03. The Labute approximate surface area is 180 Å². The molecule has 2 rings (SSSR count). The van der Waals surface area contributed by atoms with E-state index >= 15 is 0 Å². The van der Waals surface area contributed by atoms with E-state index in [-0.39, 0.29) is 17.5 Å². The molecule has 0 amide bonds. The predicted molar refractivity (Wildman–Crippen MR) is 123 cm³/mol. The highest BCUT2D eigenvalue weighted by atomic mass is 19.1. The Morgan fingerprint density at radius 2 is 1.73 bits per heavy atom. The molecule has 0 aliphatic carbocycles. The van der Waals surface area contributed by atoms with E-state index in [1.165, 1.54) is 12.1 Å². The second-order valence-electron chi connectivity index (χ2n) is 8.81. The molecule has 1 heterocycles. The number of benzene rings is 1. The van der Waals surface area contributed by atoms with Gasteiger partial charge in [-0.05, 0) is 55.4 Å². The van der Waals surface area contributed by atoms with Crippen molar-refractivity contribution in [3.05, 3.63) is 47.4 Å². The van der Waals surface area contributed by atoms with Crippen LogP contribution < -0.4 is 4.90 Å². The smallest absolute Gasteiger partial charge is 0.225 e. The third-order valence-electron chi connectivity index (χ3n) is 5.03. The minimum atomic E-state index is -0.269. The van der Waals surface area contributed by atoms with Crippen LogP contribution >= 0.6 is 0 Å². The molecule has 0 saturated carbocycles. The molecule has 1 aromatic heterocycles. The summed E-state index contributed by atoms with van der Waals surface area (Å²) in [7, 11) is 3.84. The van der Waals surface area contributed by atoms with E-state index in [0.717, 1.165) is 28.9 Å². The van der Waals surface area contributed by atoms with Crippen molar-refractivity contribution in [1.29, 1.82) is 0 Å². The van der Waals surface area contributed by atoms with Gasteiger partial charge in [0, 0.05) is 31.6 Å². The summed E-state index contributed by atoms with van der Waals surface area (Å²) in [4.78, 5) is 22.9. The van der Waals surface area contributed by atoms with E-state index in [0.29, 0.717) is 24.2 Å². The molecule has 30 heavy (non-hydrogen) atoms. The van der Waals surface area contributed by atoms with Crippen LogP contribution in [0.5, 0.6) is 0 Å². The molecule has 0 N–H and O–H groups in total. The highest BCUT2D eigenvalue weighted by Crippen LogP contribution is 2.31. The van der Waals surface area contributed by atoms with Gasteiger partial charge in [-0.2, -0.15) is 0 Å². The lowest BCUT2D eigenvalue weighted by atomic mass is 9.91. The number of carbonyl (C=O) groups excluding carboxylic acids is 1. The maximum Gasteiger partial charge on any atom is 0.225 e. The Hall–Kier alpha value is -2.56. The minimum Gasteiger partial charge on any atom is -0.347 e. The zero-order valence-electron chi connectivity index (χ0n) is 19.2. The normalized spacial score (nSPS) is 13.6. The summed E-state index contributed by atoms with van der Waals surface area (Å²) >= 11 is 0. The van der Waals surface area contributed by atoms with Crippen LogP contribution in [0.2, 0.25) is 0 Å². The van der Waals surface area contributed by atoms with Crippen molar-refractivity contribution >= 4 is 17.8 Å². The second-order valence-corrected chi connectivity index (χ2v) is 8.81. The van der Waals surface area contributed by atoms with Gasteiger partial charge in [-0.3, -0.25) is 0 Å². The molecule has 2 unspecified atom stereocenters. The number of ketones is 1. The van der Waals surface area contributed by atoms with Crippen molar-refractivity contribution in [2.75, 3.05) is 19.0 Å². The first-order chi connectivity index (χ1) is 14.1. The van der Waals surface area contributed by atoms with Crippen LogP contribution in [0.1, 0.15) is 64.6 Å². The van der Waals surface area contributed by atoms with Gasteiger partial charge in [0.05, 0.1) is 11.4 Å². The van der Waals surface area contributed by atoms with Crippen molar-refractivity contribution in [2.24, 2.45) is 11.8 Å². The van der Waals surface area contributed by atoms with Crippen LogP contribution in [0.15, 0.2) is 30.3 Å². The van der Waals surface area contributed by atoms with Crippen LogP contribution in [0.25, 0.3) is 17.3 Å². The Morgan fingerprint density at radius 3 is 2.27 bits per heavy atom. The predicted octanol–water partition coefficient (Wildman–Crippen LogP) is 6.13. The topological polar surface area (TPSA) is 46.1 Å². The molecule has 0 bridgehead atoms. The summed E-state index contributed by atoms with van der Waals surface area (Å²) in [5.41, 5.74) is 3.60. The quantitative estimate of drug-likeness (QED) is 0.498. The van der Waals surface area contributed by atoms with Crippen molar-refractivity contribution in [1.82, 2.24) is 9.97 Å². The highest BCUT2D eigenvalue weighted by molar-refractivity contribution is 5.76. The first-order valence-electron chi connectivity index (χ1n) is 10.6. The molecule has 0 fully saturated rings. The zero-order valence-corrected chi connectivity index (χ0v) is 19.2. The number of allylic oxidation sites excluding steroid dienone is 1. The number of aromatic nitrogens is 2. The van der Waals surface area contributed by atoms with Crippen LogP contribution in [0, 0.1) is 17.7 Å². The summed E-state index contributed by atoms with van der Waals surface area (Å²) in [5.74, 6) is 1.46. The minimum absolute atomic E-state index is 0.206. The van der Waals surface area contributed by atoms with Gasteiger partial charge in [-0.25, -0.2) is 14.4 Å². The van der Waals surface area contributed by atoms with Gasteiger partial charge in [-0.15, -0.1) is 0 Å². The Morgan fingerprint density at radius 1 is 1.10 bits per heavy atom. The number of nitrogens with zero attached hydrogens (tertiary/aromatic N) is 3. The Kier molecular flexibility index (Phi) is 8.27. The van der Waals surface area contributed by atoms with Crippen molar-refractivity contribution < 1.29 is 9.18 Å². The van der Waals surface area contributed by atoms with Gasteiger partial charge < -0.3 is 9.69 Å². The number of halogens is 1. The molecular weight excluding hydrogens is 377 g/mol. The number of anilines is 1. The lowest BCUT2D eigenvalue weighted by Gasteiger charge is -2.19. The van der Waals surface area contributed by atoms with Crippen molar-refractivity contribution in [3.63, 3.8) is 0 Å². The maximum absolute atomic E-state index is 13.5. The average Bonchev–Trinajstić information content (AvgIpc) is 2.65. The van der Waals surface area contributed by atoms with Gasteiger partial charge in [0.1, 0.15) is 11.6 Å². The van der Waals surface area contributed by atoms with Gasteiger partial charge in [0.15, 0.2) is 0 Å². The summed E-state index contributed by atoms with van der Waals surface area (Å²) in [6.45, 7) is 10.2. The number of hydrogen-bond acceptors (Lipinski definition) is 4.